The van der Waals surface area contributed by atoms with Crippen LogP contribution in [0.15, 0.2) is 11.6 Å². The van der Waals surface area contributed by atoms with E-state index in [9.17, 15) is 4.79 Å². The molecular formula is C8H14O3. The van der Waals surface area contributed by atoms with Gasteiger partial charge in [0, 0.05) is 13.2 Å². The number of hydrogen-bond acceptors (Lipinski definition) is 2. The molecule has 0 fully saturated rings. The Hall–Kier alpha value is -0.830. The number of methoxy groups -OCH3 is 1. The second-order valence-corrected chi connectivity index (χ2v) is 2.65. The predicted molar refractivity (Wildman–Crippen MR) is 42.4 cm³/mol. The minimum atomic E-state index is -0.911. The zero-order valence-electron chi connectivity index (χ0n) is 7.13. The van der Waals surface area contributed by atoms with Crippen molar-refractivity contribution in [2.24, 2.45) is 5.92 Å². The second kappa shape index (κ2) is 4.91. The van der Waals surface area contributed by atoms with Crippen molar-refractivity contribution in [3.05, 3.63) is 11.6 Å². The van der Waals surface area contributed by atoms with Crippen LogP contribution in [-0.4, -0.2) is 24.8 Å². The molecule has 0 saturated heterocycles. The number of aliphatic carboxylic acids is 1. The fourth-order valence-electron chi connectivity index (χ4n) is 0.700. The maximum atomic E-state index is 10.3. The normalized spacial score (nSPS) is 12.2. The van der Waals surface area contributed by atoms with E-state index in [2.05, 4.69) is 0 Å². The summed E-state index contributed by atoms with van der Waals surface area (Å²) in [5, 5.41) is 8.43. The Morgan fingerprint density at radius 3 is 2.45 bits per heavy atom. The van der Waals surface area contributed by atoms with Gasteiger partial charge >= 0.3 is 5.97 Å². The van der Waals surface area contributed by atoms with E-state index in [-0.39, 0.29) is 5.92 Å². The molecule has 0 rings (SSSR count). The molecule has 0 aromatic heterocycles. The summed E-state index contributed by atoms with van der Waals surface area (Å²) in [5.41, 5.74) is 0.806. The summed E-state index contributed by atoms with van der Waals surface area (Å²) < 4.78 is 4.83. The molecule has 0 bridgehead atoms. The van der Waals surface area contributed by atoms with Crippen LogP contribution < -0.4 is 0 Å². The zero-order chi connectivity index (χ0) is 8.85. The molecule has 0 aromatic rings. The van der Waals surface area contributed by atoms with Crippen LogP contribution in [0.2, 0.25) is 0 Å². The van der Waals surface area contributed by atoms with Crippen molar-refractivity contribution >= 4 is 5.97 Å². The van der Waals surface area contributed by atoms with E-state index < -0.39 is 5.97 Å². The number of carboxylic acid groups (broad SMARTS) is 1. The molecule has 3 nitrogen and oxygen atoms in total. The molecule has 0 amide bonds. The lowest BCUT2D eigenvalue weighted by molar-refractivity contribution is -0.131. The van der Waals surface area contributed by atoms with E-state index in [1.54, 1.807) is 7.11 Å². The highest BCUT2D eigenvalue weighted by molar-refractivity contribution is 5.80. The van der Waals surface area contributed by atoms with Crippen LogP contribution in [0.5, 0.6) is 0 Å². The first kappa shape index (κ1) is 10.2. The van der Waals surface area contributed by atoms with Crippen molar-refractivity contribution in [3.63, 3.8) is 0 Å². The fourth-order valence-corrected chi connectivity index (χ4v) is 0.700. The number of carboxylic acids is 1. The van der Waals surface area contributed by atoms with Crippen LogP contribution in [0.25, 0.3) is 0 Å². The van der Waals surface area contributed by atoms with Crippen molar-refractivity contribution in [1.82, 2.24) is 0 Å². The molecule has 0 spiro atoms. The van der Waals surface area contributed by atoms with Crippen molar-refractivity contribution in [3.8, 4) is 0 Å². The number of rotatable bonds is 4. The van der Waals surface area contributed by atoms with Crippen LogP contribution in [-0.2, 0) is 9.53 Å². The molecule has 1 N–H and O–H groups in total. The Labute approximate surface area is 66.7 Å². The Morgan fingerprint density at radius 2 is 2.18 bits per heavy atom. The van der Waals surface area contributed by atoms with Gasteiger partial charge in [0.15, 0.2) is 0 Å². The first-order chi connectivity index (χ1) is 5.07. The third kappa shape index (κ3) is 4.56. The highest BCUT2D eigenvalue weighted by atomic mass is 16.5. The van der Waals surface area contributed by atoms with Gasteiger partial charge in [0.2, 0.25) is 0 Å². The summed E-state index contributed by atoms with van der Waals surface area (Å²) in [7, 11) is 1.55. The highest BCUT2D eigenvalue weighted by Crippen LogP contribution is 2.08. The average Bonchev–Trinajstić information content (AvgIpc) is 1.86. The van der Waals surface area contributed by atoms with Crippen LogP contribution in [0.4, 0.5) is 0 Å². The third-order valence-corrected chi connectivity index (χ3v) is 1.36. The lowest BCUT2D eigenvalue weighted by atomic mass is 10.0. The minimum absolute atomic E-state index is 0.228. The first-order valence-electron chi connectivity index (χ1n) is 3.50. The molecule has 0 saturated carbocycles. The number of ether oxygens (including phenoxy) is 1. The minimum Gasteiger partial charge on any atom is -0.478 e. The zero-order valence-corrected chi connectivity index (χ0v) is 7.13. The summed E-state index contributed by atoms with van der Waals surface area (Å²) in [6.45, 7) is 4.27. The SMILES string of the molecule is COCC(=CC(=O)O)C(C)C. The number of hydrogen-bond donors (Lipinski definition) is 1. The first-order valence-corrected chi connectivity index (χ1v) is 3.50. The standard InChI is InChI=1S/C8H14O3/c1-6(2)7(5-11-3)4-8(9)10/h4,6H,5H2,1-3H3,(H,9,10). The van der Waals surface area contributed by atoms with Gasteiger partial charge in [0.05, 0.1) is 6.61 Å². The van der Waals surface area contributed by atoms with Crippen LogP contribution in [0.1, 0.15) is 13.8 Å². The van der Waals surface area contributed by atoms with Crippen molar-refractivity contribution in [1.29, 1.82) is 0 Å². The molecule has 0 unspecified atom stereocenters. The van der Waals surface area contributed by atoms with Gasteiger partial charge < -0.3 is 9.84 Å². The van der Waals surface area contributed by atoms with Crippen molar-refractivity contribution in [2.75, 3.05) is 13.7 Å². The quantitative estimate of drug-likeness (QED) is 0.627. The van der Waals surface area contributed by atoms with E-state index in [4.69, 9.17) is 9.84 Å². The Balaban J connectivity index is 4.20. The summed E-state index contributed by atoms with van der Waals surface area (Å²) in [4.78, 5) is 10.3. The smallest absolute Gasteiger partial charge is 0.328 e. The van der Waals surface area contributed by atoms with Gasteiger partial charge in [0.1, 0.15) is 0 Å². The summed E-state index contributed by atoms with van der Waals surface area (Å²) in [5.74, 6) is -0.684. The molecule has 64 valence electrons. The van der Waals surface area contributed by atoms with Crippen molar-refractivity contribution < 1.29 is 14.6 Å². The van der Waals surface area contributed by atoms with Gasteiger partial charge in [-0.25, -0.2) is 4.79 Å². The van der Waals surface area contributed by atoms with Crippen LogP contribution >= 0.6 is 0 Å². The average molecular weight is 158 g/mol. The van der Waals surface area contributed by atoms with Crippen molar-refractivity contribution in [2.45, 2.75) is 13.8 Å². The lowest BCUT2D eigenvalue weighted by Crippen LogP contribution is -2.04. The topological polar surface area (TPSA) is 46.5 Å². The molecule has 0 atom stereocenters. The second-order valence-electron chi connectivity index (χ2n) is 2.65. The molecule has 0 heterocycles. The van der Waals surface area contributed by atoms with Crippen LogP contribution in [0.3, 0.4) is 0 Å². The van der Waals surface area contributed by atoms with Gasteiger partial charge in [0.25, 0.3) is 0 Å². The van der Waals surface area contributed by atoms with E-state index >= 15 is 0 Å². The molecule has 0 aliphatic carbocycles. The van der Waals surface area contributed by atoms with E-state index in [0.717, 1.165) is 5.57 Å². The summed E-state index contributed by atoms with van der Waals surface area (Å²) in [6, 6.07) is 0. The molecule has 0 aliphatic heterocycles. The van der Waals surface area contributed by atoms with E-state index in [0.29, 0.717) is 6.61 Å². The lowest BCUT2D eigenvalue weighted by Gasteiger charge is -2.08. The summed E-state index contributed by atoms with van der Waals surface area (Å²) >= 11 is 0. The highest BCUT2D eigenvalue weighted by Gasteiger charge is 2.04. The maximum Gasteiger partial charge on any atom is 0.328 e. The van der Waals surface area contributed by atoms with Gasteiger partial charge in [-0.3, -0.25) is 0 Å². The van der Waals surface area contributed by atoms with Gasteiger partial charge in [-0.15, -0.1) is 0 Å². The largest absolute Gasteiger partial charge is 0.478 e. The number of carbonyl (C=O) groups is 1. The predicted octanol–water partition coefficient (Wildman–Crippen LogP) is 1.30. The molecule has 3 heteroatoms. The third-order valence-electron chi connectivity index (χ3n) is 1.36. The monoisotopic (exact) mass is 158 g/mol. The van der Waals surface area contributed by atoms with E-state index in [1.807, 2.05) is 13.8 Å². The molecule has 0 aromatic carbocycles. The Bertz CT molecular complexity index is 159. The molecular weight excluding hydrogens is 144 g/mol. The Morgan fingerprint density at radius 1 is 1.64 bits per heavy atom. The Kier molecular flexibility index (Phi) is 4.54. The maximum absolute atomic E-state index is 10.3. The van der Waals surface area contributed by atoms with Gasteiger partial charge in [-0.05, 0) is 11.5 Å². The van der Waals surface area contributed by atoms with Gasteiger partial charge in [-0.2, -0.15) is 0 Å². The molecule has 11 heavy (non-hydrogen) atoms. The fraction of sp³-hybridized carbons (Fsp3) is 0.625. The van der Waals surface area contributed by atoms with E-state index in [1.165, 1.54) is 6.08 Å². The molecule has 0 aliphatic rings. The summed E-state index contributed by atoms with van der Waals surface area (Å²) in [6.07, 6.45) is 1.20. The van der Waals surface area contributed by atoms with Crippen LogP contribution in [0, 0.1) is 5.92 Å². The van der Waals surface area contributed by atoms with Gasteiger partial charge in [-0.1, -0.05) is 13.8 Å². The molecule has 0 radical (unpaired) electrons.